The standard InChI is InChI=1S/C19H18N6O3S/c1-13-6-3-4-7-15(13)11-20-21-17(26)12-29-19-23-22-18(24(19)2)14-8-5-9-16(10-14)25(27)28/h3-11H,12H2,1-2H3,(H,21,26)/b20-11-. The average Bonchev–Trinajstić information content (AvgIpc) is 3.08. The van der Waals surface area contributed by atoms with Crippen LogP contribution in [0, 0.1) is 17.0 Å². The van der Waals surface area contributed by atoms with Crippen LogP contribution in [0.2, 0.25) is 0 Å². The van der Waals surface area contributed by atoms with Gasteiger partial charge in [0.05, 0.1) is 16.9 Å². The number of benzene rings is 2. The number of nitro benzene ring substituents is 1. The van der Waals surface area contributed by atoms with Crippen molar-refractivity contribution in [3.8, 4) is 11.4 Å². The monoisotopic (exact) mass is 410 g/mol. The summed E-state index contributed by atoms with van der Waals surface area (Å²) in [6, 6.07) is 13.9. The van der Waals surface area contributed by atoms with Gasteiger partial charge in [-0.3, -0.25) is 14.9 Å². The lowest BCUT2D eigenvalue weighted by Gasteiger charge is -2.04. The number of nitro groups is 1. The summed E-state index contributed by atoms with van der Waals surface area (Å²) in [6.07, 6.45) is 1.60. The Morgan fingerprint density at radius 1 is 1.28 bits per heavy atom. The smallest absolute Gasteiger partial charge is 0.270 e. The van der Waals surface area contributed by atoms with Crippen molar-refractivity contribution in [1.82, 2.24) is 20.2 Å². The largest absolute Gasteiger partial charge is 0.305 e. The summed E-state index contributed by atoms with van der Waals surface area (Å²) < 4.78 is 1.69. The molecule has 29 heavy (non-hydrogen) atoms. The van der Waals surface area contributed by atoms with Gasteiger partial charge in [0, 0.05) is 24.7 Å². The van der Waals surface area contributed by atoms with Gasteiger partial charge in [-0.2, -0.15) is 5.10 Å². The lowest BCUT2D eigenvalue weighted by Crippen LogP contribution is -2.20. The number of rotatable bonds is 7. The normalized spacial score (nSPS) is 11.0. The van der Waals surface area contributed by atoms with Crippen molar-refractivity contribution in [3.05, 3.63) is 69.8 Å². The van der Waals surface area contributed by atoms with Crippen LogP contribution in [0.25, 0.3) is 11.4 Å². The van der Waals surface area contributed by atoms with Crippen molar-refractivity contribution in [1.29, 1.82) is 0 Å². The summed E-state index contributed by atoms with van der Waals surface area (Å²) in [6.45, 7) is 1.96. The van der Waals surface area contributed by atoms with Crippen molar-refractivity contribution in [2.24, 2.45) is 12.1 Å². The minimum absolute atomic E-state index is 0.0226. The number of hydrogen-bond donors (Lipinski definition) is 1. The highest BCUT2D eigenvalue weighted by molar-refractivity contribution is 7.99. The molecule has 0 radical (unpaired) electrons. The molecule has 1 amide bonds. The molecule has 0 fully saturated rings. The summed E-state index contributed by atoms with van der Waals surface area (Å²) in [5.41, 5.74) is 5.03. The number of amides is 1. The van der Waals surface area contributed by atoms with E-state index in [1.54, 1.807) is 30.0 Å². The van der Waals surface area contributed by atoms with Crippen LogP contribution in [-0.4, -0.2) is 37.6 Å². The molecule has 10 heteroatoms. The fourth-order valence-corrected chi connectivity index (χ4v) is 3.22. The van der Waals surface area contributed by atoms with Crippen molar-refractivity contribution < 1.29 is 9.72 Å². The van der Waals surface area contributed by atoms with E-state index in [0.717, 1.165) is 11.1 Å². The first-order chi connectivity index (χ1) is 14.0. The number of aryl methyl sites for hydroxylation is 1. The molecule has 0 bridgehead atoms. The van der Waals surface area contributed by atoms with Gasteiger partial charge in [-0.15, -0.1) is 10.2 Å². The van der Waals surface area contributed by atoms with Crippen LogP contribution in [0.1, 0.15) is 11.1 Å². The van der Waals surface area contributed by atoms with E-state index in [-0.39, 0.29) is 17.3 Å². The van der Waals surface area contributed by atoms with Crippen LogP contribution < -0.4 is 5.43 Å². The number of carbonyl (C=O) groups is 1. The molecular formula is C19H18N6O3S. The summed E-state index contributed by atoms with van der Waals surface area (Å²) in [7, 11) is 1.74. The molecule has 1 N–H and O–H groups in total. The third-order valence-corrected chi connectivity index (χ3v) is 5.08. The van der Waals surface area contributed by atoms with E-state index in [0.29, 0.717) is 16.5 Å². The molecule has 0 aliphatic heterocycles. The number of nitrogens with one attached hydrogen (secondary N) is 1. The summed E-state index contributed by atoms with van der Waals surface area (Å²) in [5.74, 6) is 0.306. The zero-order chi connectivity index (χ0) is 20.8. The van der Waals surface area contributed by atoms with E-state index in [4.69, 9.17) is 0 Å². The first-order valence-corrected chi connectivity index (χ1v) is 9.59. The van der Waals surface area contributed by atoms with Crippen molar-refractivity contribution >= 4 is 29.6 Å². The summed E-state index contributed by atoms with van der Waals surface area (Å²) >= 11 is 1.20. The fraction of sp³-hybridized carbons (Fsp3) is 0.158. The molecule has 0 unspecified atom stereocenters. The first-order valence-electron chi connectivity index (χ1n) is 8.60. The Bertz CT molecular complexity index is 1080. The number of hydrogen-bond acceptors (Lipinski definition) is 7. The van der Waals surface area contributed by atoms with Crippen LogP contribution in [-0.2, 0) is 11.8 Å². The molecule has 3 rings (SSSR count). The molecule has 1 aromatic heterocycles. The van der Waals surface area contributed by atoms with Crippen LogP contribution in [0.5, 0.6) is 0 Å². The van der Waals surface area contributed by atoms with E-state index in [2.05, 4.69) is 20.7 Å². The second kappa shape index (κ2) is 9.11. The van der Waals surface area contributed by atoms with Gasteiger partial charge in [0.1, 0.15) is 0 Å². The Balaban J connectivity index is 1.60. The summed E-state index contributed by atoms with van der Waals surface area (Å²) in [5, 5.41) is 23.6. The molecule has 0 saturated heterocycles. The second-order valence-corrected chi connectivity index (χ2v) is 7.05. The molecule has 2 aromatic carbocycles. The minimum atomic E-state index is -0.461. The van der Waals surface area contributed by atoms with Gasteiger partial charge in [0.2, 0.25) is 0 Å². The maximum absolute atomic E-state index is 12.0. The van der Waals surface area contributed by atoms with Gasteiger partial charge in [-0.1, -0.05) is 48.2 Å². The van der Waals surface area contributed by atoms with Crippen molar-refractivity contribution in [2.75, 3.05) is 5.75 Å². The Morgan fingerprint density at radius 3 is 2.83 bits per heavy atom. The van der Waals surface area contributed by atoms with E-state index < -0.39 is 4.92 Å². The molecule has 0 aliphatic rings. The Hall–Kier alpha value is -3.53. The molecular weight excluding hydrogens is 392 g/mol. The van der Waals surface area contributed by atoms with Crippen molar-refractivity contribution in [3.63, 3.8) is 0 Å². The maximum Gasteiger partial charge on any atom is 0.270 e. The second-order valence-electron chi connectivity index (χ2n) is 6.11. The predicted octanol–water partition coefficient (Wildman–Crippen LogP) is 2.94. The number of nitrogens with zero attached hydrogens (tertiary/aromatic N) is 5. The topological polar surface area (TPSA) is 115 Å². The lowest BCUT2D eigenvalue weighted by molar-refractivity contribution is -0.384. The fourth-order valence-electron chi connectivity index (χ4n) is 2.52. The van der Waals surface area contributed by atoms with Gasteiger partial charge in [0.25, 0.3) is 11.6 Å². The van der Waals surface area contributed by atoms with E-state index in [1.807, 2.05) is 31.2 Å². The third kappa shape index (κ3) is 5.05. The van der Waals surface area contributed by atoms with Gasteiger partial charge < -0.3 is 4.57 Å². The minimum Gasteiger partial charge on any atom is -0.305 e. The zero-order valence-corrected chi connectivity index (χ0v) is 16.6. The van der Waals surface area contributed by atoms with E-state index >= 15 is 0 Å². The van der Waals surface area contributed by atoms with E-state index in [1.165, 1.54) is 23.9 Å². The third-order valence-electron chi connectivity index (χ3n) is 4.06. The molecule has 0 atom stereocenters. The molecule has 9 nitrogen and oxygen atoms in total. The summed E-state index contributed by atoms with van der Waals surface area (Å²) in [4.78, 5) is 22.5. The van der Waals surface area contributed by atoms with Crippen molar-refractivity contribution in [2.45, 2.75) is 12.1 Å². The van der Waals surface area contributed by atoms with Gasteiger partial charge >= 0.3 is 0 Å². The number of aromatic nitrogens is 3. The average molecular weight is 410 g/mol. The Kier molecular flexibility index (Phi) is 6.35. The van der Waals surface area contributed by atoms with Gasteiger partial charge in [-0.25, -0.2) is 5.43 Å². The maximum atomic E-state index is 12.0. The highest BCUT2D eigenvalue weighted by Crippen LogP contribution is 2.25. The number of thioether (sulfide) groups is 1. The number of non-ortho nitro benzene ring substituents is 1. The SMILES string of the molecule is Cc1ccccc1/C=N\NC(=O)CSc1nnc(-c2cccc([N+](=O)[O-])c2)n1C. The Labute approximate surface area is 171 Å². The van der Waals surface area contributed by atoms with Crippen LogP contribution >= 0.6 is 11.8 Å². The Morgan fingerprint density at radius 2 is 2.07 bits per heavy atom. The first kappa shape index (κ1) is 20.2. The predicted molar refractivity (Wildman–Crippen MR) is 111 cm³/mol. The number of carbonyl (C=O) groups excluding carboxylic acids is 1. The molecule has 148 valence electrons. The lowest BCUT2D eigenvalue weighted by atomic mass is 10.1. The molecule has 0 spiro atoms. The molecule has 0 saturated carbocycles. The van der Waals surface area contributed by atoms with Crippen LogP contribution in [0.15, 0.2) is 58.8 Å². The van der Waals surface area contributed by atoms with Gasteiger partial charge in [-0.05, 0) is 18.1 Å². The van der Waals surface area contributed by atoms with E-state index in [9.17, 15) is 14.9 Å². The van der Waals surface area contributed by atoms with Crippen LogP contribution in [0.4, 0.5) is 5.69 Å². The highest BCUT2D eigenvalue weighted by Gasteiger charge is 2.15. The molecule has 0 aliphatic carbocycles. The quantitative estimate of drug-likeness (QED) is 0.277. The highest BCUT2D eigenvalue weighted by atomic mass is 32.2. The molecule has 1 heterocycles. The van der Waals surface area contributed by atoms with Gasteiger partial charge in [0.15, 0.2) is 11.0 Å². The number of hydrazone groups is 1. The molecule has 3 aromatic rings. The van der Waals surface area contributed by atoms with Crippen LogP contribution in [0.3, 0.4) is 0 Å². The zero-order valence-electron chi connectivity index (χ0n) is 15.8.